The molecule has 116 valence electrons. The highest BCUT2D eigenvalue weighted by atomic mass is 16.6. The van der Waals surface area contributed by atoms with Gasteiger partial charge in [-0.05, 0) is 19.8 Å². The summed E-state index contributed by atoms with van der Waals surface area (Å²) in [5.74, 6) is -0.447. The minimum absolute atomic E-state index is 0. The summed E-state index contributed by atoms with van der Waals surface area (Å²) in [7, 11) is 0. The zero-order valence-electron chi connectivity index (χ0n) is 12.4. The average molecular weight is 276 g/mol. The van der Waals surface area contributed by atoms with Crippen molar-refractivity contribution in [2.24, 2.45) is 0 Å². The van der Waals surface area contributed by atoms with E-state index in [1.165, 1.54) is 6.42 Å². The predicted molar refractivity (Wildman–Crippen MR) is 80.2 cm³/mol. The van der Waals surface area contributed by atoms with Crippen LogP contribution in [0.4, 0.5) is 0 Å². The molecule has 1 aliphatic heterocycles. The third-order valence-electron chi connectivity index (χ3n) is 2.08. The molecule has 0 aromatic heterocycles. The van der Waals surface area contributed by atoms with Crippen LogP contribution in [-0.2, 0) is 14.3 Å². The lowest BCUT2D eigenvalue weighted by atomic mass is 10.3. The Labute approximate surface area is 118 Å². The second kappa shape index (κ2) is 15.2. The van der Waals surface area contributed by atoms with E-state index in [9.17, 15) is 4.79 Å². The van der Waals surface area contributed by atoms with Crippen LogP contribution in [0.3, 0.4) is 0 Å². The van der Waals surface area contributed by atoms with Gasteiger partial charge in [0.1, 0.15) is 6.61 Å². The summed E-state index contributed by atoms with van der Waals surface area (Å²) < 4.78 is 9.53. The van der Waals surface area contributed by atoms with E-state index in [2.05, 4.69) is 18.2 Å². The molecule has 0 bridgehead atoms. The van der Waals surface area contributed by atoms with Gasteiger partial charge in [-0.2, -0.15) is 0 Å². The number of rotatable bonds is 5. The number of carbonyl (C=O) groups is 1. The van der Waals surface area contributed by atoms with Crippen LogP contribution in [-0.4, -0.2) is 36.5 Å². The number of carbonyl (C=O) groups excluding carboxylic acids is 1. The fourth-order valence-electron chi connectivity index (χ4n) is 0.717. The topological polar surface area (TPSA) is 59.1 Å². The van der Waals surface area contributed by atoms with E-state index in [0.717, 1.165) is 6.61 Å². The molecule has 1 fully saturated rings. The van der Waals surface area contributed by atoms with E-state index < -0.39 is 12.1 Å². The van der Waals surface area contributed by atoms with Crippen molar-refractivity contribution < 1.29 is 19.4 Å². The van der Waals surface area contributed by atoms with E-state index in [4.69, 9.17) is 9.84 Å². The van der Waals surface area contributed by atoms with Gasteiger partial charge in [-0.1, -0.05) is 41.7 Å². The third-order valence-corrected chi connectivity index (χ3v) is 2.08. The number of ether oxygens (including phenoxy) is 2. The van der Waals surface area contributed by atoms with Crippen molar-refractivity contribution in [2.45, 2.75) is 67.1 Å². The number of aliphatic hydroxyl groups excluding tert-OH is 1. The highest BCUT2D eigenvalue weighted by Crippen LogP contribution is 2.10. The second-order valence-corrected chi connectivity index (χ2v) is 3.80. The van der Waals surface area contributed by atoms with Crippen molar-refractivity contribution >= 4 is 5.97 Å². The Morgan fingerprint density at radius 2 is 1.95 bits per heavy atom. The monoisotopic (exact) mass is 276 g/mol. The van der Waals surface area contributed by atoms with Crippen molar-refractivity contribution in [3.05, 3.63) is 12.2 Å². The summed E-state index contributed by atoms with van der Waals surface area (Å²) in [6, 6.07) is 0. The largest absolute Gasteiger partial charge is 0.460 e. The number of aliphatic hydroxyl groups is 1. The maximum Gasteiger partial charge on any atom is 0.333 e. The zero-order valence-corrected chi connectivity index (χ0v) is 12.4. The maximum absolute atomic E-state index is 10.7. The zero-order chi connectivity index (χ0) is 14.6. The van der Waals surface area contributed by atoms with Gasteiger partial charge in [-0.25, -0.2) is 4.79 Å². The van der Waals surface area contributed by atoms with Gasteiger partial charge in [-0.3, -0.25) is 0 Å². The molecule has 0 aliphatic carbocycles. The first-order valence-electron chi connectivity index (χ1n) is 6.63. The highest BCUT2D eigenvalue weighted by Gasteiger charge is 2.18. The highest BCUT2D eigenvalue weighted by molar-refractivity contribution is 5.86. The normalized spacial score (nSPS) is 16.4. The molecule has 1 heterocycles. The molecule has 1 rings (SSSR count). The molecule has 0 aromatic carbocycles. The number of hydrogen-bond acceptors (Lipinski definition) is 4. The molecule has 0 saturated carbocycles. The van der Waals surface area contributed by atoms with Crippen LogP contribution >= 0.6 is 0 Å². The lowest BCUT2D eigenvalue weighted by Gasteiger charge is -2.07. The first kappa shape index (κ1) is 23.2. The van der Waals surface area contributed by atoms with Gasteiger partial charge in [0.05, 0.1) is 18.8 Å². The van der Waals surface area contributed by atoms with Gasteiger partial charge in [0.15, 0.2) is 0 Å². The summed E-state index contributed by atoms with van der Waals surface area (Å²) in [6.45, 7) is 14.0. The lowest BCUT2D eigenvalue weighted by Crippen LogP contribution is -2.17. The van der Waals surface area contributed by atoms with Crippen LogP contribution in [0.15, 0.2) is 12.2 Å². The quantitative estimate of drug-likeness (QED) is 0.475. The number of epoxide rings is 1. The van der Waals surface area contributed by atoms with Gasteiger partial charge in [-0.15, -0.1) is 0 Å². The van der Waals surface area contributed by atoms with Crippen molar-refractivity contribution in [1.29, 1.82) is 0 Å². The molecular formula is C15H32O4. The Balaban J connectivity index is -0.000000267. The summed E-state index contributed by atoms with van der Waals surface area (Å²) >= 11 is 0. The smallest absolute Gasteiger partial charge is 0.333 e. The van der Waals surface area contributed by atoms with Crippen LogP contribution in [0.2, 0.25) is 0 Å². The number of hydrogen-bond donors (Lipinski definition) is 1. The Hall–Kier alpha value is -0.870. The van der Waals surface area contributed by atoms with E-state index in [-0.39, 0.29) is 14.0 Å². The van der Waals surface area contributed by atoms with E-state index >= 15 is 0 Å². The fraction of sp³-hybridized carbons (Fsp3) is 0.800. The third kappa shape index (κ3) is 17.1. The van der Waals surface area contributed by atoms with Crippen molar-refractivity contribution in [3.63, 3.8) is 0 Å². The molecule has 0 aromatic rings. The van der Waals surface area contributed by atoms with Crippen molar-refractivity contribution in [2.75, 3.05) is 13.2 Å². The van der Waals surface area contributed by atoms with Crippen LogP contribution in [0, 0.1) is 0 Å². The maximum atomic E-state index is 10.7. The van der Waals surface area contributed by atoms with Crippen LogP contribution in [0.1, 0.15) is 54.9 Å². The minimum Gasteiger partial charge on any atom is -0.460 e. The van der Waals surface area contributed by atoms with E-state index in [1.807, 2.05) is 20.8 Å². The predicted octanol–water partition coefficient (Wildman–Crippen LogP) is 3.33. The molecule has 4 heteroatoms. The summed E-state index contributed by atoms with van der Waals surface area (Å²) in [6.07, 6.45) is 1.86. The molecule has 4 nitrogen and oxygen atoms in total. The lowest BCUT2D eigenvalue weighted by molar-refractivity contribution is -0.141. The second-order valence-electron chi connectivity index (χ2n) is 3.80. The molecule has 2 unspecified atom stereocenters. The molecule has 1 aliphatic rings. The average Bonchev–Trinajstić information content (AvgIpc) is 3.22. The van der Waals surface area contributed by atoms with Gasteiger partial charge in [0.2, 0.25) is 0 Å². The molecule has 2 atom stereocenters. The number of esters is 1. The van der Waals surface area contributed by atoms with Crippen molar-refractivity contribution in [3.8, 4) is 0 Å². The molecule has 1 saturated heterocycles. The SMILES string of the molecule is C.C=C(C)C(=O)OCC(O)CC.CC.CCC1CO1. The summed E-state index contributed by atoms with van der Waals surface area (Å²) in [5.41, 5.74) is 0.355. The van der Waals surface area contributed by atoms with Crippen molar-refractivity contribution in [1.82, 2.24) is 0 Å². The summed E-state index contributed by atoms with van der Waals surface area (Å²) in [5, 5.41) is 8.98. The van der Waals surface area contributed by atoms with Gasteiger partial charge >= 0.3 is 5.97 Å². The Bertz CT molecular complexity index is 222. The molecule has 1 N–H and O–H groups in total. The fourth-order valence-corrected chi connectivity index (χ4v) is 0.717. The van der Waals surface area contributed by atoms with Crippen LogP contribution in [0.5, 0.6) is 0 Å². The van der Waals surface area contributed by atoms with E-state index in [0.29, 0.717) is 18.1 Å². The minimum atomic E-state index is -0.557. The molecule has 0 spiro atoms. The first-order valence-corrected chi connectivity index (χ1v) is 6.63. The molecule has 0 radical (unpaired) electrons. The van der Waals surface area contributed by atoms with Crippen LogP contribution < -0.4 is 0 Å². The molecular weight excluding hydrogens is 244 g/mol. The first-order chi connectivity index (χ1) is 8.51. The Morgan fingerprint density at radius 3 is 2.16 bits per heavy atom. The molecule has 19 heavy (non-hydrogen) atoms. The molecule has 0 amide bonds. The summed E-state index contributed by atoms with van der Waals surface area (Å²) in [4.78, 5) is 10.7. The Kier molecular flexibility index (Phi) is 18.6. The van der Waals surface area contributed by atoms with Gasteiger partial charge < -0.3 is 14.6 Å². The van der Waals surface area contributed by atoms with E-state index in [1.54, 1.807) is 6.92 Å². The van der Waals surface area contributed by atoms with Crippen LogP contribution in [0.25, 0.3) is 0 Å². The van der Waals surface area contributed by atoms with Gasteiger partial charge in [0.25, 0.3) is 0 Å². The Morgan fingerprint density at radius 1 is 1.47 bits per heavy atom. The van der Waals surface area contributed by atoms with Gasteiger partial charge in [0, 0.05) is 5.57 Å². The standard InChI is InChI=1S/C8H14O3.C4H8O.C2H6.CH4/c1-4-7(9)5-11-8(10)6(2)3;1-2-4-3-5-4;1-2;/h7,9H,2,4-5H2,1,3H3;4H,2-3H2,1H3;1-2H3;1H4.